The summed E-state index contributed by atoms with van der Waals surface area (Å²) in [6.45, 7) is 2.41. The minimum Gasteiger partial charge on any atom is -0.744 e. The van der Waals surface area contributed by atoms with Gasteiger partial charge < -0.3 is 24.2 Å². The first kappa shape index (κ1) is 40.0. The van der Waals surface area contributed by atoms with E-state index in [1.54, 1.807) is 0 Å². The summed E-state index contributed by atoms with van der Waals surface area (Å²) in [7, 11) is -7.22. The number of esters is 2. The summed E-state index contributed by atoms with van der Waals surface area (Å²) in [6, 6.07) is 32.2. The zero-order chi connectivity index (χ0) is 37.8. The fourth-order valence-electron chi connectivity index (χ4n) is 4.08. The molecular formula is C31H23F8O9PS. The zero-order valence-corrected chi connectivity index (χ0v) is 26.7. The van der Waals surface area contributed by atoms with Crippen molar-refractivity contribution in [3.63, 3.8) is 0 Å². The van der Waals surface area contributed by atoms with Gasteiger partial charge in [-0.15, -0.1) is 0 Å². The maximum absolute atomic E-state index is 12.9. The van der Waals surface area contributed by atoms with E-state index in [4.69, 9.17) is 10.2 Å². The Morgan fingerprint density at radius 1 is 0.600 bits per heavy atom. The van der Waals surface area contributed by atoms with Gasteiger partial charge in [-0.3, -0.25) is 0 Å². The van der Waals surface area contributed by atoms with Crippen molar-refractivity contribution in [3.05, 3.63) is 120 Å². The Balaban J connectivity index is 0.000000290. The smallest absolute Gasteiger partial charge is 0.496 e. The summed E-state index contributed by atoms with van der Waals surface area (Å²) in [6.07, 6.45) is -23.8. The average molecular weight is 755 g/mol. The molecule has 0 aliphatic rings. The number of halogens is 8. The molecular weight excluding hydrogens is 731 g/mol. The fraction of sp³-hybridized carbons (Fsp3) is 0.161. The Morgan fingerprint density at radius 3 is 1.12 bits per heavy atom. The van der Waals surface area contributed by atoms with Crippen molar-refractivity contribution in [2.75, 3.05) is 6.66 Å². The highest BCUT2D eigenvalue weighted by Gasteiger charge is 2.61. The summed E-state index contributed by atoms with van der Waals surface area (Å²) in [5.41, 5.74) is -3.27. The molecule has 0 saturated heterocycles. The normalized spacial score (nSPS) is 12.7. The lowest BCUT2D eigenvalue weighted by molar-refractivity contribution is -0.400. The van der Waals surface area contributed by atoms with Gasteiger partial charge in [-0.1, -0.05) is 54.6 Å². The second-order valence-electron chi connectivity index (χ2n) is 10.1. The zero-order valence-electron chi connectivity index (χ0n) is 25.0. The van der Waals surface area contributed by atoms with Gasteiger partial charge in [0.25, 0.3) is 0 Å². The van der Waals surface area contributed by atoms with Crippen LogP contribution in [0.4, 0.5) is 35.1 Å². The number of carbonyl (C=O) groups is 2. The van der Waals surface area contributed by atoms with E-state index in [1.165, 1.54) is 15.9 Å². The first-order chi connectivity index (χ1) is 22.9. The molecule has 0 unspecified atom stereocenters. The standard InChI is InChI=1S/C19H18P.C12H6F8O9S/c1-20(17-11-5-2-6-12-17,18-13-7-3-8-14-18)19-15-9-4-10-16-19;13-9(14,23)11(17,18)28-7(21)4-1-5(3-6(2-4)30(25,26)27)8(22)29-12(19,20)10(15,16)24/h2-16H,1H3;1-3,23-24H,(H,25,26,27)/q+1;/p-1. The molecule has 9 nitrogen and oxygen atoms in total. The summed E-state index contributed by atoms with van der Waals surface area (Å²) >= 11 is 0. The Morgan fingerprint density at radius 2 is 0.880 bits per heavy atom. The number of ether oxygens (including phenoxy) is 2. The van der Waals surface area contributed by atoms with Crippen LogP contribution in [-0.2, 0) is 19.6 Å². The first-order valence-electron chi connectivity index (χ1n) is 13.5. The quantitative estimate of drug-likeness (QED) is 0.100. The van der Waals surface area contributed by atoms with Crippen LogP contribution < -0.4 is 15.9 Å². The van der Waals surface area contributed by atoms with Crippen LogP contribution in [-0.4, -0.2) is 66.2 Å². The molecule has 19 heteroatoms. The molecule has 0 saturated carbocycles. The minimum absolute atomic E-state index is 0.133. The van der Waals surface area contributed by atoms with Gasteiger partial charge in [0.2, 0.25) is 0 Å². The Labute approximate surface area is 278 Å². The third-order valence-electron chi connectivity index (χ3n) is 6.63. The maximum atomic E-state index is 12.9. The van der Waals surface area contributed by atoms with Crippen LogP contribution in [0.2, 0.25) is 0 Å². The van der Waals surface area contributed by atoms with Gasteiger partial charge in [-0.05, 0) is 54.6 Å². The van der Waals surface area contributed by atoms with Gasteiger partial charge >= 0.3 is 36.4 Å². The van der Waals surface area contributed by atoms with Crippen molar-refractivity contribution in [1.82, 2.24) is 0 Å². The third-order valence-corrected chi connectivity index (χ3v) is 11.4. The molecule has 4 aromatic rings. The summed E-state index contributed by atoms with van der Waals surface area (Å²) in [5.74, 6) is -5.24. The molecule has 50 heavy (non-hydrogen) atoms. The fourth-order valence-corrected chi connectivity index (χ4v) is 7.82. The van der Waals surface area contributed by atoms with E-state index in [0.717, 1.165) is 0 Å². The highest BCUT2D eigenvalue weighted by molar-refractivity contribution is 7.95. The van der Waals surface area contributed by atoms with E-state index < -0.39 is 69.8 Å². The molecule has 0 aliphatic heterocycles. The van der Waals surface area contributed by atoms with Crippen LogP contribution in [0.25, 0.3) is 0 Å². The Bertz CT molecular complexity index is 1750. The van der Waals surface area contributed by atoms with Crippen LogP contribution in [0, 0.1) is 0 Å². The highest BCUT2D eigenvalue weighted by atomic mass is 32.2. The number of alkyl halides is 8. The largest absolute Gasteiger partial charge is 0.744 e. The molecule has 0 bridgehead atoms. The van der Waals surface area contributed by atoms with E-state index in [0.29, 0.717) is 0 Å². The van der Waals surface area contributed by atoms with Crippen molar-refractivity contribution < 1.29 is 77.4 Å². The molecule has 0 radical (unpaired) electrons. The molecule has 2 N–H and O–H groups in total. The first-order valence-corrected chi connectivity index (χ1v) is 17.1. The van der Waals surface area contributed by atoms with Crippen LogP contribution in [0.5, 0.6) is 0 Å². The summed E-state index contributed by atoms with van der Waals surface area (Å²) < 4.78 is 139. The lowest BCUT2D eigenvalue weighted by Crippen LogP contribution is -2.44. The molecule has 0 spiro atoms. The number of rotatable bonds is 10. The summed E-state index contributed by atoms with van der Waals surface area (Å²) in [4.78, 5) is 21.3. The van der Waals surface area contributed by atoms with Crippen molar-refractivity contribution in [2.45, 2.75) is 29.3 Å². The van der Waals surface area contributed by atoms with Crippen LogP contribution in [0.15, 0.2) is 114 Å². The van der Waals surface area contributed by atoms with Gasteiger partial charge in [0, 0.05) is 0 Å². The van der Waals surface area contributed by atoms with Crippen molar-refractivity contribution in [2.24, 2.45) is 0 Å². The number of hydrogen-bond donors (Lipinski definition) is 2. The highest BCUT2D eigenvalue weighted by Crippen LogP contribution is 2.51. The van der Waals surface area contributed by atoms with Gasteiger partial charge in [-0.25, -0.2) is 18.0 Å². The molecule has 4 aromatic carbocycles. The van der Waals surface area contributed by atoms with Gasteiger partial charge in [0.05, 0.1) is 22.7 Å². The van der Waals surface area contributed by atoms with Crippen molar-refractivity contribution in [3.8, 4) is 0 Å². The molecule has 0 amide bonds. The lowest BCUT2D eigenvalue weighted by atomic mass is 10.1. The summed E-state index contributed by atoms with van der Waals surface area (Å²) in [5, 5.41) is 20.1. The molecule has 0 aromatic heterocycles. The van der Waals surface area contributed by atoms with E-state index in [9.17, 15) is 57.7 Å². The topological polar surface area (TPSA) is 150 Å². The SMILES string of the molecule is C[P+](c1ccccc1)(c1ccccc1)c1ccccc1.O=C(OC(F)(F)C(O)(F)F)c1cc(C(=O)OC(F)(F)C(O)(F)F)cc(S(=O)(=O)[O-])c1. The van der Waals surface area contributed by atoms with Gasteiger partial charge in [-0.2, -0.15) is 35.1 Å². The minimum atomic E-state index is -5.96. The Hall–Kier alpha value is -4.48. The second kappa shape index (κ2) is 14.8. The number of aliphatic hydroxyl groups is 2. The molecule has 0 heterocycles. The van der Waals surface area contributed by atoms with Crippen LogP contribution in [0.1, 0.15) is 20.7 Å². The number of benzene rings is 4. The molecule has 0 fully saturated rings. The number of hydrogen-bond acceptors (Lipinski definition) is 9. The monoisotopic (exact) mass is 754 g/mol. The van der Waals surface area contributed by atoms with Crippen LogP contribution >= 0.6 is 7.26 Å². The third kappa shape index (κ3) is 9.39. The average Bonchev–Trinajstić information content (AvgIpc) is 3.04. The van der Waals surface area contributed by atoms with E-state index in [1.807, 2.05) is 0 Å². The van der Waals surface area contributed by atoms with Crippen molar-refractivity contribution >= 4 is 45.2 Å². The van der Waals surface area contributed by atoms with Gasteiger partial charge in [0.1, 0.15) is 33.3 Å². The molecule has 4 rings (SSSR count). The Kier molecular flexibility index (Phi) is 11.8. The van der Waals surface area contributed by atoms with Crippen molar-refractivity contribution in [1.29, 1.82) is 0 Å². The van der Waals surface area contributed by atoms with Crippen LogP contribution in [0.3, 0.4) is 0 Å². The van der Waals surface area contributed by atoms with Gasteiger partial charge in [0.15, 0.2) is 0 Å². The van der Waals surface area contributed by atoms with E-state index in [2.05, 4.69) is 107 Å². The predicted octanol–water partition coefficient (Wildman–Crippen LogP) is 4.87. The predicted molar refractivity (Wildman–Crippen MR) is 161 cm³/mol. The lowest BCUT2D eigenvalue weighted by Gasteiger charge is -2.22. The molecule has 0 aliphatic carbocycles. The second-order valence-corrected chi connectivity index (χ2v) is 15.0. The van der Waals surface area contributed by atoms with E-state index in [-0.39, 0.29) is 18.2 Å². The molecule has 268 valence electrons. The number of carbonyl (C=O) groups excluding carboxylic acids is 2. The molecule has 0 atom stereocenters. The maximum Gasteiger partial charge on any atom is 0.496 e. The van der Waals surface area contributed by atoms with E-state index >= 15 is 0 Å².